The zero-order valence-corrected chi connectivity index (χ0v) is 21.0. The minimum Gasteiger partial charge on any atom is -0.481 e. The lowest BCUT2D eigenvalue weighted by Crippen LogP contribution is -2.33. The average molecular weight is 558 g/mol. The molecule has 1 heterocycles. The van der Waals surface area contributed by atoms with Gasteiger partial charge in [0.25, 0.3) is 5.91 Å². The van der Waals surface area contributed by atoms with E-state index in [2.05, 4.69) is 26.5 Å². The molecule has 4 rings (SSSR count). The van der Waals surface area contributed by atoms with Crippen LogP contribution in [0.25, 0.3) is 10.1 Å². The Morgan fingerprint density at radius 1 is 1.03 bits per heavy atom. The van der Waals surface area contributed by atoms with E-state index < -0.39 is 12.1 Å². The first kappa shape index (κ1) is 23.9. The topological polar surface area (TPSA) is 77.0 Å². The van der Waals surface area contributed by atoms with Crippen LogP contribution in [-0.2, 0) is 4.79 Å². The van der Waals surface area contributed by atoms with E-state index in [-0.39, 0.29) is 5.91 Å². The van der Waals surface area contributed by atoms with Crippen LogP contribution in [0.5, 0.6) is 11.5 Å². The summed E-state index contributed by atoms with van der Waals surface area (Å²) in [5.41, 5.74) is 3.16. The van der Waals surface area contributed by atoms with E-state index in [4.69, 9.17) is 21.1 Å². The van der Waals surface area contributed by atoms with Gasteiger partial charge in [0.2, 0.25) is 0 Å². The van der Waals surface area contributed by atoms with Crippen molar-refractivity contribution in [2.75, 3.05) is 0 Å². The van der Waals surface area contributed by atoms with Crippen molar-refractivity contribution < 1.29 is 19.1 Å². The summed E-state index contributed by atoms with van der Waals surface area (Å²) in [6, 6.07) is 21.4. The second-order valence-corrected chi connectivity index (χ2v) is 9.49. The number of hydrazone groups is 1. The van der Waals surface area contributed by atoms with Crippen molar-refractivity contribution in [1.82, 2.24) is 5.43 Å². The molecule has 1 amide bonds. The van der Waals surface area contributed by atoms with E-state index in [0.717, 1.165) is 14.6 Å². The number of hydrogen-bond donors (Lipinski definition) is 1. The third-order valence-electron chi connectivity index (χ3n) is 4.70. The summed E-state index contributed by atoms with van der Waals surface area (Å²) in [6.45, 7) is 1.64. The van der Waals surface area contributed by atoms with Gasteiger partial charge in [-0.15, -0.1) is 11.3 Å². The number of halogens is 2. The Morgan fingerprint density at radius 2 is 1.71 bits per heavy atom. The van der Waals surface area contributed by atoms with Gasteiger partial charge >= 0.3 is 5.97 Å². The molecular weight excluding hydrogens is 540 g/mol. The van der Waals surface area contributed by atoms with Crippen molar-refractivity contribution in [3.63, 3.8) is 0 Å². The molecule has 1 N–H and O–H groups in total. The highest BCUT2D eigenvalue weighted by molar-refractivity contribution is 9.10. The van der Waals surface area contributed by atoms with Gasteiger partial charge in [0.15, 0.2) is 6.10 Å². The standard InChI is InChI=1S/C25H18BrClN2O4S/c1-15(32-18-12-8-17(26)9-13-18)24(30)29-28-14-16-6-10-19(11-7-16)33-25(31)23-22(27)20-4-2-3-5-21(20)34-23/h2-15H,1H3,(H,29,30)/b28-14-/t15-/m1/s1. The fourth-order valence-corrected chi connectivity index (χ4v) is 4.60. The molecule has 4 aromatic rings. The van der Waals surface area contributed by atoms with Crippen LogP contribution in [-0.4, -0.2) is 24.2 Å². The second-order valence-electron chi connectivity index (χ2n) is 7.15. The normalized spacial score (nSPS) is 12.0. The molecule has 1 aromatic heterocycles. The number of carbonyl (C=O) groups is 2. The molecular formula is C25H18BrClN2O4S. The van der Waals surface area contributed by atoms with E-state index in [1.807, 2.05) is 36.4 Å². The summed E-state index contributed by atoms with van der Waals surface area (Å²) in [4.78, 5) is 25.1. The highest BCUT2D eigenvalue weighted by Gasteiger charge is 2.19. The van der Waals surface area contributed by atoms with Crippen molar-refractivity contribution in [2.45, 2.75) is 13.0 Å². The average Bonchev–Trinajstić information content (AvgIpc) is 3.18. The van der Waals surface area contributed by atoms with Crippen molar-refractivity contribution in [3.8, 4) is 11.5 Å². The molecule has 0 spiro atoms. The molecule has 0 saturated carbocycles. The summed E-state index contributed by atoms with van der Waals surface area (Å²) in [7, 11) is 0. The maximum absolute atomic E-state index is 12.6. The summed E-state index contributed by atoms with van der Waals surface area (Å²) >= 11 is 11.0. The Hall–Kier alpha value is -3.20. The molecule has 0 bridgehead atoms. The zero-order chi connectivity index (χ0) is 24.1. The summed E-state index contributed by atoms with van der Waals surface area (Å²) in [5, 5.41) is 5.17. The van der Waals surface area contributed by atoms with Crippen molar-refractivity contribution in [1.29, 1.82) is 0 Å². The molecule has 172 valence electrons. The van der Waals surface area contributed by atoms with Crippen molar-refractivity contribution >= 4 is 67.0 Å². The molecule has 9 heteroatoms. The molecule has 6 nitrogen and oxygen atoms in total. The molecule has 3 aromatic carbocycles. The summed E-state index contributed by atoms with van der Waals surface area (Å²) < 4.78 is 12.9. The Balaban J connectivity index is 1.31. The monoisotopic (exact) mass is 556 g/mol. The maximum atomic E-state index is 12.6. The van der Waals surface area contributed by atoms with E-state index in [0.29, 0.717) is 27.0 Å². The fourth-order valence-electron chi connectivity index (χ4n) is 2.95. The minimum absolute atomic E-state index is 0.357. The number of carbonyl (C=O) groups excluding carboxylic acids is 2. The van der Waals surface area contributed by atoms with Crippen LogP contribution in [0.1, 0.15) is 22.2 Å². The number of esters is 1. The number of benzene rings is 3. The quantitative estimate of drug-likeness (QED) is 0.123. The Labute approximate surface area is 213 Å². The Morgan fingerprint density at radius 3 is 2.41 bits per heavy atom. The molecule has 1 atom stereocenters. The lowest BCUT2D eigenvalue weighted by Gasteiger charge is -2.12. The number of ether oxygens (including phenoxy) is 2. The van der Waals surface area contributed by atoms with Gasteiger partial charge in [-0.3, -0.25) is 4.79 Å². The van der Waals surface area contributed by atoms with Gasteiger partial charge in [0.05, 0.1) is 11.2 Å². The van der Waals surface area contributed by atoms with Crippen LogP contribution in [0.3, 0.4) is 0 Å². The Bertz CT molecular complexity index is 1350. The summed E-state index contributed by atoms with van der Waals surface area (Å²) in [6.07, 6.45) is 0.763. The van der Waals surface area contributed by atoms with Crippen LogP contribution in [0, 0.1) is 0 Å². The molecule has 0 aliphatic rings. The second kappa shape index (κ2) is 10.8. The highest BCUT2D eigenvalue weighted by Crippen LogP contribution is 2.35. The van der Waals surface area contributed by atoms with Gasteiger partial charge in [-0.2, -0.15) is 5.10 Å². The smallest absolute Gasteiger partial charge is 0.355 e. The van der Waals surface area contributed by atoms with Crippen LogP contribution in [0.2, 0.25) is 5.02 Å². The molecule has 0 unspecified atom stereocenters. The Kier molecular flexibility index (Phi) is 7.62. The predicted octanol–water partition coefficient (Wildman–Crippen LogP) is 6.45. The third kappa shape index (κ3) is 5.83. The molecule has 0 aliphatic heterocycles. The zero-order valence-electron chi connectivity index (χ0n) is 17.8. The number of thiophene rings is 1. The number of fused-ring (bicyclic) bond motifs is 1. The largest absolute Gasteiger partial charge is 0.481 e. The number of hydrogen-bond acceptors (Lipinski definition) is 6. The first-order chi connectivity index (χ1) is 16.4. The van der Waals surface area contributed by atoms with Crippen LogP contribution >= 0.6 is 38.9 Å². The molecule has 0 aliphatic carbocycles. The minimum atomic E-state index is -0.721. The van der Waals surface area contributed by atoms with E-state index >= 15 is 0 Å². The third-order valence-corrected chi connectivity index (χ3v) is 6.88. The lowest BCUT2D eigenvalue weighted by molar-refractivity contribution is -0.127. The van der Waals surface area contributed by atoms with Gasteiger partial charge < -0.3 is 9.47 Å². The predicted molar refractivity (Wildman–Crippen MR) is 138 cm³/mol. The van der Waals surface area contributed by atoms with Gasteiger partial charge in [0, 0.05) is 14.6 Å². The van der Waals surface area contributed by atoms with Gasteiger partial charge in [-0.25, -0.2) is 10.2 Å². The molecule has 0 saturated heterocycles. The number of nitrogens with one attached hydrogen (secondary N) is 1. The SMILES string of the molecule is C[C@@H](Oc1ccc(Br)cc1)C(=O)N/N=C\c1ccc(OC(=O)c2sc3ccccc3c2Cl)cc1. The van der Waals surface area contributed by atoms with Crippen molar-refractivity contribution in [3.05, 3.63) is 92.7 Å². The van der Waals surface area contributed by atoms with Gasteiger partial charge in [-0.05, 0) is 67.1 Å². The first-order valence-corrected chi connectivity index (χ1v) is 12.1. The van der Waals surface area contributed by atoms with Crippen LogP contribution < -0.4 is 14.9 Å². The molecule has 0 radical (unpaired) electrons. The molecule has 0 fully saturated rings. The first-order valence-electron chi connectivity index (χ1n) is 10.1. The van der Waals surface area contributed by atoms with Gasteiger partial charge in [0.1, 0.15) is 16.4 Å². The van der Waals surface area contributed by atoms with Crippen molar-refractivity contribution in [2.24, 2.45) is 5.10 Å². The molecule has 34 heavy (non-hydrogen) atoms. The van der Waals surface area contributed by atoms with Crippen LogP contribution in [0.4, 0.5) is 0 Å². The van der Waals surface area contributed by atoms with E-state index in [1.165, 1.54) is 17.6 Å². The van der Waals surface area contributed by atoms with Gasteiger partial charge in [-0.1, -0.05) is 45.7 Å². The van der Waals surface area contributed by atoms with E-state index in [9.17, 15) is 9.59 Å². The number of rotatable bonds is 7. The number of nitrogens with zero attached hydrogens (tertiary/aromatic N) is 1. The number of amides is 1. The lowest BCUT2D eigenvalue weighted by atomic mass is 10.2. The highest BCUT2D eigenvalue weighted by atomic mass is 79.9. The van der Waals surface area contributed by atoms with Crippen LogP contribution in [0.15, 0.2) is 82.4 Å². The summed E-state index contributed by atoms with van der Waals surface area (Å²) in [5.74, 6) is 0.0534. The fraction of sp³-hybridized carbons (Fsp3) is 0.0800. The maximum Gasteiger partial charge on any atom is 0.355 e. The van der Waals surface area contributed by atoms with E-state index in [1.54, 1.807) is 43.3 Å².